The summed E-state index contributed by atoms with van der Waals surface area (Å²) in [5, 5.41) is -0.0228. The highest BCUT2D eigenvalue weighted by atomic mass is 79.9. The Balaban J connectivity index is 3.31. The van der Waals surface area contributed by atoms with Crippen molar-refractivity contribution >= 4 is 84.0 Å². The summed E-state index contributed by atoms with van der Waals surface area (Å²) < 4.78 is -3.01. The van der Waals surface area contributed by atoms with Crippen LogP contribution in [0.4, 0.5) is 0 Å². The Hall–Kier alpha value is 1.53. The van der Waals surface area contributed by atoms with Gasteiger partial charge in [-0.25, -0.2) is 0 Å². The molecule has 0 N–H and O–H groups in total. The predicted octanol–water partition coefficient (Wildman–Crippen LogP) is 3.92. The van der Waals surface area contributed by atoms with Gasteiger partial charge in [-0.2, -0.15) is 0 Å². The first-order chi connectivity index (χ1) is 5.22. The van der Waals surface area contributed by atoms with E-state index in [1.807, 2.05) is 0 Å². The lowest BCUT2D eigenvalue weighted by atomic mass is 10.3. The molecule has 0 radical (unpaired) electrons. The molecule has 0 bridgehead atoms. The molecule has 0 spiro atoms. The van der Waals surface area contributed by atoms with Crippen LogP contribution in [-0.2, 0) is 4.79 Å². The minimum absolute atomic E-state index is 0.0114. The van der Waals surface area contributed by atoms with Crippen molar-refractivity contribution in [1.29, 1.82) is 0 Å². The van der Waals surface area contributed by atoms with Gasteiger partial charge in [0.05, 0.1) is 10.1 Å². The molecule has 0 unspecified atom stereocenters. The second kappa shape index (κ2) is 3.28. The second-order valence-corrected chi connectivity index (χ2v) is 7.29. The van der Waals surface area contributed by atoms with Crippen molar-refractivity contribution in [3.8, 4) is 0 Å². The van der Waals surface area contributed by atoms with Crippen LogP contribution >= 0.6 is 78.3 Å². The summed E-state index contributed by atoms with van der Waals surface area (Å²) in [7, 11) is 0. The van der Waals surface area contributed by atoms with Gasteiger partial charge < -0.3 is 0 Å². The van der Waals surface area contributed by atoms with Gasteiger partial charge in [-0.15, -0.1) is 0 Å². The van der Waals surface area contributed by atoms with Gasteiger partial charge in [0.1, 0.15) is 0 Å². The number of Topliss-reactive ketones (excluding diaryl/α,β-unsaturated/α-hetero) is 1. The van der Waals surface area contributed by atoms with Crippen molar-refractivity contribution in [3.05, 3.63) is 10.1 Å². The molecular weight excluding hydrogens is 378 g/mol. The van der Waals surface area contributed by atoms with Gasteiger partial charge >= 0.3 is 0 Å². The predicted molar refractivity (Wildman–Crippen MR) is 58.8 cm³/mol. The summed E-state index contributed by atoms with van der Waals surface area (Å²) in [4.78, 5) is 11.4. The summed E-state index contributed by atoms with van der Waals surface area (Å²) in [6, 6.07) is 0. The van der Waals surface area contributed by atoms with E-state index in [2.05, 4.69) is 31.9 Å². The average Bonchev–Trinajstić information content (AvgIpc) is 2.06. The summed E-state index contributed by atoms with van der Waals surface area (Å²) in [5.41, 5.74) is 0. The molecule has 1 aliphatic carbocycles. The maximum atomic E-state index is 11.4. The Kier molecular flexibility index (Phi) is 3.17. The minimum Gasteiger partial charge on any atom is -0.293 e. The number of carbonyl (C=O) groups excluding carboxylic acids is 1. The molecule has 0 amide bonds. The molecule has 1 rings (SSSR count). The highest BCUT2D eigenvalue weighted by Crippen LogP contribution is 2.56. The zero-order valence-electron chi connectivity index (χ0n) is 5.18. The highest BCUT2D eigenvalue weighted by molar-refractivity contribution is 9.12. The lowest BCUT2D eigenvalue weighted by molar-refractivity contribution is -0.117. The second-order valence-electron chi connectivity index (χ2n) is 2.11. The summed E-state index contributed by atoms with van der Waals surface area (Å²) in [6.45, 7) is 0. The Bertz CT molecular complexity index is 257. The Morgan fingerprint density at radius 2 is 1.25 bits per heavy atom. The van der Waals surface area contributed by atoms with Crippen LogP contribution in [0, 0.1) is 0 Å². The van der Waals surface area contributed by atoms with Gasteiger partial charge in [-0.3, -0.25) is 4.79 Å². The third-order valence-electron chi connectivity index (χ3n) is 1.31. The van der Waals surface area contributed by atoms with Crippen LogP contribution in [0.1, 0.15) is 0 Å². The molecule has 0 heterocycles. The van der Waals surface area contributed by atoms with Crippen LogP contribution in [0.2, 0.25) is 0 Å². The molecule has 2 atom stereocenters. The molecule has 0 fully saturated rings. The fourth-order valence-electron chi connectivity index (χ4n) is 0.672. The molecule has 12 heavy (non-hydrogen) atoms. The number of rotatable bonds is 0. The first-order valence-corrected chi connectivity index (χ1v) is 5.69. The molecule has 0 aromatic rings. The van der Waals surface area contributed by atoms with Crippen molar-refractivity contribution in [2.75, 3.05) is 0 Å². The fraction of sp³-hybridized carbons (Fsp3) is 0.400. The summed E-state index contributed by atoms with van der Waals surface area (Å²) in [6.07, 6.45) is 0. The summed E-state index contributed by atoms with van der Waals surface area (Å²) >= 11 is 28.6. The van der Waals surface area contributed by atoms with Crippen LogP contribution in [0.3, 0.4) is 0 Å². The van der Waals surface area contributed by atoms with E-state index in [1.165, 1.54) is 0 Å². The molecule has 68 valence electrons. The molecule has 0 saturated heterocycles. The number of carbonyl (C=O) groups is 1. The lowest BCUT2D eigenvalue weighted by Gasteiger charge is -2.14. The maximum Gasteiger partial charge on any atom is 0.207 e. The minimum atomic E-state index is -1.50. The third kappa shape index (κ3) is 1.47. The van der Waals surface area contributed by atoms with Crippen molar-refractivity contribution in [1.82, 2.24) is 0 Å². The number of hydrogen-bond donors (Lipinski definition) is 0. The zero-order chi connectivity index (χ0) is 9.73. The van der Waals surface area contributed by atoms with Crippen LogP contribution in [0.25, 0.3) is 0 Å². The van der Waals surface area contributed by atoms with Crippen molar-refractivity contribution in [2.45, 2.75) is 7.57 Å². The summed E-state index contributed by atoms with van der Waals surface area (Å²) in [5.74, 6) is -0.548. The van der Waals surface area contributed by atoms with Crippen LogP contribution in [0.5, 0.6) is 0 Å². The first kappa shape index (κ1) is 11.6. The lowest BCUT2D eigenvalue weighted by Crippen LogP contribution is -2.31. The van der Waals surface area contributed by atoms with E-state index in [9.17, 15) is 4.79 Å². The van der Waals surface area contributed by atoms with Gasteiger partial charge in [0.2, 0.25) is 5.78 Å². The molecule has 0 saturated carbocycles. The molecule has 0 aliphatic heterocycles. The van der Waals surface area contributed by atoms with E-state index in [0.29, 0.717) is 0 Å². The van der Waals surface area contributed by atoms with Crippen LogP contribution in [-0.4, -0.2) is 13.4 Å². The molecule has 0 aromatic carbocycles. The van der Waals surface area contributed by atoms with Crippen LogP contribution < -0.4 is 0 Å². The van der Waals surface area contributed by atoms with Gasteiger partial charge in [0, 0.05) is 0 Å². The molecule has 0 aromatic heterocycles. The van der Waals surface area contributed by atoms with E-state index in [0.717, 1.165) is 0 Å². The van der Waals surface area contributed by atoms with Crippen molar-refractivity contribution in [3.63, 3.8) is 0 Å². The van der Waals surface area contributed by atoms with E-state index < -0.39 is 13.4 Å². The monoisotopic (exact) mass is 374 g/mol. The zero-order valence-corrected chi connectivity index (χ0v) is 11.4. The van der Waals surface area contributed by atoms with Crippen molar-refractivity contribution in [2.24, 2.45) is 0 Å². The van der Waals surface area contributed by atoms with E-state index in [-0.39, 0.29) is 10.1 Å². The van der Waals surface area contributed by atoms with E-state index >= 15 is 0 Å². The fourth-order valence-corrected chi connectivity index (χ4v) is 3.46. The Morgan fingerprint density at radius 3 is 1.33 bits per heavy atom. The number of halogens is 6. The smallest absolute Gasteiger partial charge is 0.207 e. The third-order valence-corrected chi connectivity index (χ3v) is 5.24. The van der Waals surface area contributed by atoms with Gasteiger partial charge in [-0.05, 0) is 0 Å². The molecule has 1 aliphatic rings. The van der Waals surface area contributed by atoms with Crippen molar-refractivity contribution < 1.29 is 4.79 Å². The first-order valence-electron chi connectivity index (χ1n) is 2.59. The van der Waals surface area contributed by atoms with E-state index in [1.54, 1.807) is 0 Å². The van der Waals surface area contributed by atoms with Gasteiger partial charge in [0.25, 0.3) is 0 Å². The topological polar surface area (TPSA) is 17.1 Å². The number of allylic oxidation sites excluding steroid dienone is 2. The normalized spacial score (nSPS) is 42.7. The quantitative estimate of drug-likeness (QED) is 0.585. The highest BCUT2D eigenvalue weighted by Gasteiger charge is 2.58. The largest absolute Gasteiger partial charge is 0.293 e. The standard InChI is InChI=1S/C5Br2Cl4O/c6-4(10)1(8)2(9)5(7,11)3(4)12/t4-,5-/m0/s1. The average molecular weight is 378 g/mol. The Morgan fingerprint density at radius 1 is 1.00 bits per heavy atom. The SMILES string of the molecule is O=C1[C@](Cl)(Br)C(Cl)=C(Cl)[C@@]1(Cl)Br. The van der Waals surface area contributed by atoms with Gasteiger partial charge in [-0.1, -0.05) is 78.3 Å². The molecule has 1 nitrogen and oxygen atoms in total. The molecule has 7 heteroatoms. The van der Waals surface area contributed by atoms with E-state index in [4.69, 9.17) is 46.4 Å². The maximum absolute atomic E-state index is 11.4. The van der Waals surface area contributed by atoms with Gasteiger partial charge in [0.15, 0.2) is 7.57 Å². The Labute approximate surface area is 106 Å². The number of alkyl halides is 4. The number of ketones is 1. The molecular formula is C5Br2Cl4O. The number of hydrogen-bond acceptors (Lipinski definition) is 1. The van der Waals surface area contributed by atoms with Crippen LogP contribution in [0.15, 0.2) is 10.1 Å².